The van der Waals surface area contributed by atoms with Gasteiger partial charge in [0.05, 0.1) is 0 Å². The molecule has 0 aromatic heterocycles. The van der Waals surface area contributed by atoms with Crippen molar-refractivity contribution in [3.8, 4) is 0 Å². The van der Waals surface area contributed by atoms with E-state index in [9.17, 15) is 4.21 Å². The molecule has 0 radical (unpaired) electrons. The predicted octanol–water partition coefficient (Wildman–Crippen LogP) is 4.10. The lowest BCUT2D eigenvalue weighted by Crippen LogP contribution is -1.99. The fourth-order valence-electron chi connectivity index (χ4n) is 1.73. The van der Waals surface area contributed by atoms with E-state index in [1.165, 1.54) is 5.56 Å². The molecule has 2 rings (SSSR count). The van der Waals surface area contributed by atoms with Gasteiger partial charge in [-0.05, 0) is 30.2 Å². The topological polar surface area (TPSA) is 17.1 Å². The zero-order chi connectivity index (χ0) is 13.0. The number of aryl methyl sites for hydroxylation is 1. The standard InChI is InChI=1S/C15H15ClOS/c1-12-5-7-13(8-6-12)10-18(17)11-14-3-2-4-15(16)9-14/h2-9H,10-11H2,1H3. The van der Waals surface area contributed by atoms with Crippen LogP contribution in [0.3, 0.4) is 0 Å². The fraction of sp³-hybridized carbons (Fsp3) is 0.200. The van der Waals surface area contributed by atoms with E-state index in [1.54, 1.807) is 0 Å². The van der Waals surface area contributed by atoms with Gasteiger partial charge in [-0.2, -0.15) is 0 Å². The Bertz CT molecular complexity index is 549. The van der Waals surface area contributed by atoms with Crippen molar-refractivity contribution in [1.82, 2.24) is 0 Å². The number of benzene rings is 2. The molecular formula is C15H15ClOS. The number of halogens is 1. The van der Waals surface area contributed by atoms with Gasteiger partial charge >= 0.3 is 0 Å². The maximum atomic E-state index is 12.0. The van der Waals surface area contributed by atoms with Crippen molar-refractivity contribution < 1.29 is 4.21 Å². The van der Waals surface area contributed by atoms with Crippen molar-refractivity contribution in [2.24, 2.45) is 0 Å². The van der Waals surface area contributed by atoms with Gasteiger partial charge in [-0.25, -0.2) is 0 Å². The van der Waals surface area contributed by atoms with Crippen LogP contribution in [0.5, 0.6) is 0 Å². The van der Waals surface area contributed by atoms with E-state index in [2.05, 4.69) is 0 Å². The minimum absolute atomic E-state index is 0.550. The molecule has 1 atom stereocenters. The molecule has 18 heavy (non-hydrogen) atoms. The van der Waals surface area contributed by atoms with Gasteiger partial charge in [0.15, 0.2) is 0 Å². The predicted molar refractivity (Wildman–Crippen MR) is 78.2 cm³/mol. The molecule has 2 aromatic rings. The first kappa shape index (κ1) is 13.3. The third-order valence-corrected chi connectivity index (χ3v) is 4.21. The first-order valence-corrected chi connectivity index (χ1v) is 7.65. The molecule has 3 heteroatoms. The maximum Gasteiger partial charge on any atom is 0.0489 e. The monoisotopic (exact) mass is 278 g/mol. The van der Waals surface area contributed by atoms with Crippen LogP contribution in [0.1, 0.15) is 16.7 Å². The van der Waals surface area contributed by atoms with Crippen molar-refractivity contribution in [3.05, 3.63) is 70.2 Å². The van der Waals surface area contributed by atoms with E-state index in [0.717, 1.165) is 11.1 Å². The number of hydrogen-bond acceptors (Lipinski definition) is 1. The molecule has 0 saturated carbocycles. The molecule has 94 valence electrons. The van der Waals surface area contributed by atoms with Crippen molar-refractivity contribution in [2.45, 2.75) is 18.4 Å². The van der Waals surface area contributed by atoms with Crippen molar-refractivity contribution in [1.29, 1.82) is 0 Å². The average Bonchev–Trinajstić information content (AvgIpc) is 2.32. The van der Waals surface area contributed by atoms with Crippen molar-refractivity contribution >= 4 is 22.4 Å². The van der Waals surface area contributed by atoms with Gasteiger partial charge in [0, 0.05) is 27.3 Å². The molecule has 0 fully saturated rings. The lowest BCUT2D eigenvalue weighted by atomic mass is 10.2. The Morgan fingerprint density at radius 3 is 2.33 bits per heavy atom. The minimum Gasteiger partial charge on any atom is -0.259 e. The van der Waals surface area contributed by atoms with Gasteiger partial charge in [0.2, 0.25) is 0 Å². The molecule has 0 aliphatic carbocycles. The smallest absolute Gasteiger partial charge is 0.0489 e. The Morgan fingerprint density at radius 1 is 1.00 bits per heavy atom. The second kappa shape index (κ2) is 6.17. The molecule has 0 aliphatic rings. The molecule has 0 aliphatic heterocycles. The molecular weight excluding hydrogens is 264 g/mol. The highest BCUT2D eigenvalue weighted by molar-refractivity contribution is 7.83. The van der Waals surface area contributed by atoms with E-state index >= 15 is 0 Å². The first-order valence-electron chi connectivity index (χ1n) is 5.78. The molecule has 0 amide bonds. The van der Waals surface area contributed by atoms with Gasteiger partial charge in [0.25, 0.3) is 0 Å². The zero-order valence-electron chi connectivity index (χ0n) is 10.2. The number of hydrogen-bond donors (Lipinski definition) is 0. The van der Waals surface area contributed by atoms with Crippen molar-refractivity contribution in [2.75, 3.05) is 0 Å². The zero-order valence-corrected chi connectivity index (χ0v) is 11.8. The van der Waals surface area contributed by atoms with E-state index in [4.69, 9.17) is 11.6 Å². The third-order valence-electron chi connectivity index (χ3n) is 2.66. The van der Waals surface area contributed by atoms with E-state index < -0.39 is 10.8 Å². The van der Waals surface area contributed by atoms with Crippen LogP contribution in [0.25, 0.3) is 0 Å². The van der Waals surface area contributed by atoms with Crippen LogP contribution in [0, 0.1) is 6.92 Å². The summed E-state index contributed by atoms with van der Waals surface area (Å²) in [6.45, 7) is 2.05. The Hall–Kier alpha value is -1.12. The Morgan fingerprint density at radius 2 is 1.67 bits per heavy atom. The second-order valence-electron chi connectivity index (χ2n) is 4.34. The summed E-state index contributed by atoms with van der Waals surface area (Å²) < 4.78 is 12.0. The highest BCUT2D eigenvalue weighted by atomic mass is 35.5. The summed E-state index contributed by atoms with van der Waals surface area (Å²) in [5, 5.41) is 0.694. The molecule has 0 N–H and O–H groups in total. The molecule has 0 saturated heterocycles. The lowest BCUT2D eigenvalue weighted by molar-refractivity contribution is 0.682. The summed E-state index contributed by atoms with van der Waals surface area (Å²) >= 11 is 5.91. The van der Waals surface area contributed by atoms with Gasteiger partial charge in [-0.1, -0.05) is 53.6 Å². The summed E-state index contributed by atoms with van der Waals surface area (Å²) in [4.78, 5) is 0. The summed E-state index contributed by atoms with van der Waals surface area (Å²) in [7, 11) is -0.896. The summed E-state index contributed by atoms with van der Waals surface area (Å²) in [5.74, 6) is 1.14. The van der Waals surface area contributed by atoms with Gasteiger partial charge in [-0.15, -0.1) is 0 Å². The highest BCUT2D eigenvalue weighted by Crippen LogP contribution is 2.14. The SMILES string of the molecule is Cc1ccc(CS(=O)Cc2cccc(Cl)c2)cc1. The van der Waals surface area contributed by atoms with Gasteiger partial charge < -0.3 is 0 Å². The van der Waals surface area contributed by atoms with Crippen LogP contribution >= 0.6 is 11.6 Å². The van der Waals surface area contributed by atoms with Crippen LogP contribution in [0.4, 0.5) is 0 Å². The van der Waals surface area contributed by atoms with Crippen LogP contribution in [0.2, 0.25) is 5.02 Å². The molecule has 1 unspecified atom stereocenters. The maximum absolute atomic E-state index is 12.0. The first-order chi connectivity index (χ1) is 8.63. The van der Waals surface area contributed by atoms with E-state index in [1.807, 2.05) is 55.5 Å². The van der Waals surface area contributed by atoms with E-state index in [-0.39, 0.29) is 0 Å². The lowest BCUT2D eigenvalue weighted by Gasteiger charge is -2.04. The number of rotatable bonds is 4. The second-order valence-corrected chi connectivity index (χ2v) is 6.24. The average molecular weight is 279 g/mol. The van der Waals surface area contributed by atoms with Crippen LogP contribution in [-0.2, 0) is 22.3 Å². The molecule has 2 aromatic carbocycles. The highest BCUT2D eigenvalue weighted by Gasteiger charge is 2.04. The van der Waals surface area contributed by atoms with Gasteiger partial charge in [-0.3, -0.25) is 4.21 Å². The Labute approximate surface area is 115 Å². The van der Waals surface area contributed by atoms with Crippen LogP contribution in [0.15, 0.2) is 48.5 Å². The van der Waals surface area contributed by atoms with Crippen LogP contribution < -0.4 is 0 Å². The molecule has 1 nitrogen and oxygen atoms in total. The fourth-order valence-corrected chi connectivity index (χ4v) is 3.16. The summed E-state index contributed by atoms with van der Waals surface area (Å²) in [6, 6.07) is 15.7. The largest absolute Gasteiger partial charge is 0.259 e. The minimum atomic E-state index is -0.896. The molecule has 0 spiro atoms. The van der Waals surface area contributed by atoms with Crippen molar-refractivity contribution in [3.63, 3.8) is 0 Å². The summed E-state index contributed by atoms with van der Waals surface area (Å²) in [6.07, 6.45) is 0. The van der Waals surface area contributed by atoms with Crippen LogP contribution in [-0.4, -0.2) is 4.21 Å². The quantitative estimate of drug-likeness (QED) is 0.823. The van der Waals surface area contributed by atoms with Gasteiger partial charge in [0.1, 0.15) is 0 Å². The molecule has 0 bridgehead atoms. The normalized spacial score (nSPS) is 12.3. The molecule has 0 heterocycles. The summed E-state index contributed by atoms with van der Waals surface area (Å²) in [5.41, 5.74) is 3.35. The Balaban J connectivity index is 1.98. The van der Waals surface area contributed by atoms with E-state index in [0.29, 0.717) is 16.5 Å². The Kier molecular flexibility index (Phi) is 4.56. The third kappa shape index (κ3) is 3.97.